The van der Waals surface area contributed by atoms with Gasteiger partial charge in [-0.05, 0) is 13.8 Å². The summed E-state index contributed by atoms with van der Waals surface area (Å²) < 4.78 is 5.35. The molecule has 1 aliphatic heterocycles. The molecule has 1 fully saturated rings. The van der Waals surface area contributed by atoms with E-state index in [9.17, 15) is 0 Å². The van der Waals surface area contributed by atoms with Gasteiger partial charge in [-0.3, -0.25) is 4.98 Å². The Labute approximate surface area is 95.8 Å². The Balaban J connectivity index is 2.09. The van der Waals surface area contributed by atoms with Gasteiger partial charge < -0.3 is 15.0 Å². The van der Waals surface area contributed by atoms with Gasteiger partial charge in [0.15, 0.2) is 5.82 Å². The highest BCUT2D eigenvalue weighted by Crippen LogP contribution is 2.15. The Morgan fingerprint density at radius 2 is 2.44 bits per heavy atom. The molecule has 5 heteroatoms. The average Bonchev–Trinajstić information content (AvgIpc) is 2.30. The summed E-state index contributed by atoms with van der Waals surface area (Å²) in [4.78, 5) is 10.8. The van der Waals surface area contributed by atoms with Crippen LogP contribution in [0, 0.1) is 0 Å². The lowest BCUT2D eigenvalue weighted by Crippen LogP contribution is -2.49. The van der Waals surface area contributed by atoms with Gasteiger partial charge in [0.1, 0.15) is 0 Å². The third-order valence-corrected chi connectivity index (χ3v) is 2.58. The molecule has 1 aromatic rings. The molecule has 0 spiro atoms. The fourth-order valence-corrected chi connectivity index (χ4v) is 1.85. The molecule has 2 heterocycles. The SMILES string of the molecule is CCOc1cncc(N2CCN[C@@H](C)C2)n1. The van der Waals surface area contributed by atoms with Crippen LogP contribution in [-0.4, -0.2) is 42.3 Å². The van der Waals surface area contributed by atoms with Gasteiger partial charge in [-0.1, -0.05) is 0 Å². The Hall–Kier alpha value is -1.36. The minimum atomic E-state index is 0.492. The highest BCUT2D eigenvalue weighted by atomic mass is 16.5. The number of hydrogen-bond acceptors (Lipinski definition) is 5. The van der Waals surface area contributed by atoms with Crippen LogP contribution in [0.3, 0.4) is 0 Å². The zero-order valence-electron chi connectivity index (χ0n) is 9.81. The van der Waals surface area contributed by atoms with Crippen molar-refractivity contribution < 1.29 is 4.74 Å². The minimum absolute atomic E-state index is 0.492. The van der Waals surface area contributed by atoms with Crippen LogP contribution in [0.2, 0.25) is 0 Å². The molecule has 1 aromatic heterocycles. The summed E-state index contributed by atoms with van der Waals surface area (Å²) in [5.41, 5.74) is 0. The number of anilines is 1. The molecule has 1 aliphatic rings. The number of hydrogen-bond donors (Lipinski definition) is 1. The number of rotatable bonds is 3. The van der Waals surface area contributed by atoms with Crippen molar-refractivity contribution in [2.45, 2.75) is 19.9 Å². The van der Waals surface area contributed by atoms with Crippen molar-refractivity contribution in [1.82, 2.24) is 15.3 Å². The zero-order chi connectivity index (χ0) is 11.4. The van der Waals surface area contributed by atoms with Gasteiger partial charge >= 0.3 is 0 Å². The standard InChI is InChI=1S/C11H18N4O/c1-3-16-11-7-12-6-10(14-11)15-5-4-13-9(2)8-15/h6-7,9,13H,3-5,8H2,1-2H3/t9-/m0/s1. The molecule has 16 heavy (non-hydrogen) atoms. The van der Waals surface area contributed by atoms with Crippen molar-refractivity contribution >= 4 is 5.82 Å². The maximum Gasteiger partial charge on any atom is 0.234 e. The monoisotopic (exact) mass is 222 g/mol. The maximum absolute atomic E-state index is 5.35. The summed E-state index contributed by atoms with van der Waals surface area (Å²) in [7, 11) is 0. The van der Waals surface area contributed by atoms with Gasteiger partial charge in [0, 0.05) is 25.7 Å². The van der Waals surface area contributed by atoms with Crippen molar-refractivity contribution in [1.29, 1.82) is 0 Å². The van der Waals surface area contributed by atoms with Crippen molar-refractivity contribution in [2.24, 2.45) is 0 Å². The van der Waals surface area contributed by atoms with Gasteiger partial charge in [0.2, 0.25) is 5.88 Å². The molecule has 0 aromatic carbocycles. The van der Waals surface area contributed by atoms with Gasteiger partial charge in [0.05, 0.1) is 19.0 Å². The van der Waals surface area contributed by atoms with E-state index in [0.717, 1.165) is 25.5 Å². The Bertz CT molecular complexity index is 345. The highest BCUT2D eigenvalue weighted by molar-refractivity contribution is 5.38. The number of nitrogens with zero attached hydrogens (tertiary/aromatic N) is 3. The summed E-state index contributed by atoms with van der Waals surface area (Å²) in [5.74, 6) is 1.51. The topological polar surface area (TPSA) is 50.3 Å². The molecule has 1 atom stereocenters. The van der Waals surface area contributed by atoms with Gasteiger partial charge in [-0.2, -0.15) is 4.98 Å². The van der Waals surface area contributed by atoms with Gasteiger partial charge in [0.25, 0.3) is 0 Å². The van der Waals surface area contributed by atoms with Crippen LogP contribution in [0.25, 0.3) is 0 Å². The summed E-state index contributed by atoms with van der Waals surface area (Å²) in [5, 5.41) is 3.40. The lowest BCUT2D eigenvalue weighted by atomic mass is 10.2. The van der Waals surface area contributed by atoms with E-state index in [0.29, 0.717) is 18.5 Å². The van der Waals surface area contributed by atoms with Crippen molar-refractivity contribution in [3.8, 4) is 5.88 Å². The first-order valence-electron chi connectivity index (χ1n) is 5.72. The predicted molar refractivity (Wildman–Crippen MR) is 62.9 cm³/mol. The molecule has 0 amide bonds. The summed E-state index contributed by atoms with van der Waals surface area (Å²) in [6, 6.07) is 0.492. The number of ether oxygens (including phenoxy) is 1. The maximum atomic E-state index is 5.35. The van der Waals surface area contributed by atoms with Gasteiger partial charge in [-0.15, -0.1) is 0 Å². The van der Waals surface area contributed by atoms with E-state index >= 15 is 0 Å². The Kier molecular flexibility index (Phi) is 3.56. The molecule has 0 radical (unpaired) electrons. The van der Waals surface area contributed by atoms with E-state index in [2.05, 4.69) is 27.1 Å². The lowest BCUT2D eigenvalue weighted by molar-refractivity contribution is 0.325. The molecule has 0 aliphatic carbocycles. The molecule has 0 bridgehead atoms. The first kappa shape index (κ1) is 11.1. The first-order chi connectivity index (χ1) is 7.79. The summed E-state index contributed by atoms with van der Waals surface area (Å²) in [6.45, 7) is 7.66. The number of piperazine rings is 1. The zero-order valence-corrected chi connectivity index (χ0v) is 9.81. The van der Waals surface area contributed by atoms with Crippen LogP contribution in [0.4, 0.5) is 5.82 Å². The van der Waals surface area contributed by atoms with Crippen molar-refractivity contribution in [3.63, 3.8) is 0 Å². The molecule has 1 saturated heterocycles. The van der Waals surface area contributed by atoms with Crippen molar-refractivity contribution in [3.05, 3.63) is 12.4 Å². The number of nitrogens with one attached hydrogen (secondary N) is 1. The first-order valence-corrected chi connectivity index (χ1v) is 5.72. The molecule has 1 N–H and O–H groups in total. The number of aromatic nitrogens is 2. The van der Waals surface area contributed by atoms with E-state index in [-0.39, 0.29) is 0 Å². The van der Waals surface area contributed by atoms with Crippen LogP contribution in [0.15, 0.2) is 12.4 Å². The predicted octanol–water partition coefficient (Wildman–Crippen LogP) is 0.673. The van der Waals surface area contributed by atoms with E-state index in [1.807, 2.05) is 6.92 Å². The normalized spacial score (nSPS) is 20.9. The molecular weight excluding hydrogens is 204 g/mol. The molecule has 0 saturated carbocycles. The second-order valence-electron chi connectivity index (χ2n) is 3.95. The second-order valence-corrected chi connectivity index (χ2v) is 3.95. The smallest absolute Gasteiger partial charge is 0.234 e. The third kappa shape index (κ3) is 2.61. The van der Waals surface area contributed by atoms with Crippen molar-refractivity contribution in [2.75, 3.05) is 31.1 Å². The van der Waals surface area contributed by atoms with E-state index < -0.39 is 0 Å². The van der Waals surface area contributed by atoms with E-state index in [4.69, 9.17) is 4.74 Å². The summed E-state index contributed by atoms with van der Waals surface area (Å²) in [6.07, 6.45) is 3.44. The van der Waals surface area contributed by atoms with Gasteiger partial charge in [-0.25, -0.2) is 0 Å². The van der Waals surface area contributed by atoms with Crippen LogP contribution in [0.1, 0.15) is 13.8 Å². The Morgan fingerprint density at radius 3 is 3.19 bits per heavy atom. The average molecular weight is 222 g/mol. The molecular formula is C11H18N4O. The quantitative estimate of drug-likeness (QED) is 0.814. The third-order valence-electron chi connectivity index (χ3n) is 2.58. The van der Waals surface area contributed by atoms with Crippen LogP contribution in [0.5, 0.6) is 5.88 Å². The Morgan fingerprint density at radius 1 is 1.56 bits per heavy atom. The molecule has 88 valence electrons. The second kappa shape index (κ2) is 5.12. The largest absolute Gasteiger partial charge is 0.477 e. The summed E-state index contributed by atoms with van der Waals surface area (Å²) >= 11 is 0. The fourth-order valence-electron chi connectivity index (χ4n) is 1.85. The molecule has 5 nitrogen and oxygen atoms in total. The highest BCUT2D eigenvalue weighted by Gasteiger charge is 2.17. The van der Waals surface area contributed by atoms with Crippen LogP contribution >= 0.6 is 0 Å². The van der Waals surface area contributed by atoms with E-state index in [1.165, 1.54) is 0 Å². The minimum Gasteiger partial charge on any atom is -0.477 e. The molecule has 2 rings (SSSR count). The fraction of sp³-hybridized carbons (Fsp3) is 0.636. The van der Waals surface area contributed by atoms with Crippen LogP contribution in [-0.2, 0) is 0 Å². The van der Waals surface area contributed by atoms with E-state index in [1.54, 1.807) is 12.4 Å². The lowest BCUT2D eigenvalue weighted by Gasteiger charge is -2.32. The van der Waals surface area contributed by atoms with Crippen LogP contribution < -0.4 is 15.0 Å². The molecule has 0 unspecified atom stereocenters.